The zero-order chi connectivity index (χ0) is 15.4. The van der Waals surface area contributed by atoms with Gasteiger partial charge < -0.3 is 16.0 Å². The Bertz CT molecular complexity index is 541. The first-order valence-electron chi connectivity index (χ1n) is 7.04. The van der Waals surface area contributed by atoms with Crippen molar-refractivity contribution in [3.05, 3.63) is 33.9 Å². The maximum Gasteiger partial charge on any atom is 0.292 e. The van der Waals surface area contributed by atoms with E-state index in [0.717, 1.165) is 19.6 Å². The molecule has 2 rings (SSSR count). The zero-order valence-electron chi connectivity index (χ0n) is 12.0. The lowest BCUT2D eigenvalue weighted by Gasteiger charge is -2.21. The van der Waals surface area contributed by atoms with Gasteiger partial charge in [-0.25, -0.2) is 0 Å². The van der Waals surface area contributed by atoms with Gasteiger partial charge in [-0.15, -0.1) is 0 Å². The summed E-state index contributed by atoms with van der Waals surface area (Å²) in [6.45, 7) is 4.85. The monoisotopic (exact) mass is 292 g/mol. The van der Waals surface area contributed by atoms with Crippen molar-refractivity contribution in [2.24, 2.45) is 0 Å². The molecule has 114 valence electrons. The summed E-state index contributed by atoms with van der Waals surface area (Å²) < 4.78 is 0. The number of carbonyl (C=O) groups is 1. The van der Waals surface area contributed by atoms with Crippen LogP contribution in [0.4, 0.5) is 11.4 Å². The second-order valence-electron chi connectivity index (χ2n) is 5.41. The summed E-state index contributed by atoms with van der Waals surface area (Å²) in [7, 11) is 0. The first-order chi connectivity index (χ1) is 9.97. The molecule has 7 heteroatoms. The highest BCUT2D eigenvalue weighted by atomic mass is 16.6. The van der Waals surface area contributed by atoms with Crippen LogP contribution < -0.4 is 11.1 Å². The van der Waals surface area contributed by atoms with E-state index in [-0.39, 0.29) is 28.9 Å². The molecule has 0 radical (unpaired) electrons. The molecule has 1 unspecified atom stereocenters. The first-order valence-corrected chi connectivity index (χ1v) is 7.04. The predicted octanol–water partition coefficient (Wildman–Crippen LogP) is 1.39. The highest BCUT2D eigenvalue weighted by Crippen LogP contribution is 2.22. The van der Waals surface area contributed by atoms with Crippen molar-refractivity contribution in [2.75, 3.05) is 25.4 Å². The maximum atomic E-state index is 12.1. The van der Waals surface area contributed by atoms with E-state index in [1.165, 1.54) is 31.0 Å². The van der Waals surface area contributed by atoms with Crippen molar-refractivity contribution >= 4 is 17.3 Å². The van der Waals surface area contributed by atoms with E-state index >= 15 is 0 Å². The van der Waals surface area contributed by atoms with Gasteiger partial charge in [-0.05, 0) is 45.0 Å². The van der Waals surface area contributed by atoms with Crippen LogP contribution in [0.25, 0.3) is 0 Å². The highest BCUT2D eigenvalue weighted by molar-refractivity contribution is 5.95. The number of nitrogen functional groups attached to an aromatic ring is 1. The predicted molar refractivity (Wildman–Crippen MR) is 80.1 cm³/mol. The number of amides is 1. The number of hydrogen-bond donors (Lipinski definition) is 2. The Morgan fingerprint density at radius 1 is 1.48 bits per heavy atom. The van der Waals surface area contributed by atoms with Gasteiger partial charge in [0.05, 0.1) is 4.92 Å². The molecule has 3 N–H and O–H groups in total. The standard InChI is InChI=1S/C14H20N4O3/c1-10(9-17-6-2-3-7-17)16-14(19)11-4-5-12(15)13(8-11)18(20)21/h4-5,8,10H,2-3,6-7,9,15H2,1H3,(H,16,19). The summed E-state index contributed by atoms with van der Waals surface area (Å²) in [5.74, 6) is -0.315. The summed E-state index contributed by atoms with van der Waals surface area (Å²) in [6.07, 6.45) is 2.40. The molecule has 7 nitrogen and oxygen atoms in total. The molecular weight excluding hydrogens is 272 g/mol. The third-order valence-corrected chi connectivity index (χ3v) is 3.60. The average molecular weight is 292 g/mol. The number of hydrogen-bond acceptors (Lipinski definition) is 5. The van der Waals surface area contributed by atoms with Crippen LogP contribution in [0.2, 0.25) is 0 Å². The molecule has 1 saturated heterocycles. The number of nitro benzene ring substituents is 1. The third-order valence-electron chi connectivity index (χ3n) is 3.60. The molecule has 0 bridgehead atoms. The van der Waals surface area contributed by atoms with Crippen LogP contribution in [0.1, 0.15) is 30.1 Å². The van der Waals surface area contributed by atoms with Crippen molar-refractivity contribution in [3.63, 3.8) is 0 Å². The van der Waals surface area contributed by atoms with Gasteiger partial charge in [0.25, 0.3) is 11.6 Å². The third kappa shape index (κ3) is 3.91. The molecule has 0 spiro atoms. The number of nitrogens with one attached hydrogen (secondary N) is 1. The summed E-state index contributed by atoms with van der Waals surface area (Å²) >= 11 is 0. The van der Waals surface area contributed by atoms with Gasteiger partial charge in [-0.1, -0.05) is 0 Å². The maximum absolute atomic E-state index is 12.1. The molecule has 21 heavy (non-hydrogen) atoms. The topological polar surface area (TPSA) is 102 Å². The summed E-state index contributed by atoms with van der Waals surface area (Å²) in [4.78, 5) is 24.7. The zero-order valence-corrected chi connectivity index (χ0v) is 12.0. The normalized spacial score (nSPS) is 16.6. The van der Waals surface area contributed by atoms with Crippen LogP contribution in [0.15, 0.2) is 18.2 Å². The fourth-order valence-electron chi connectivity index (χ4n) is 2.55. The quantitative estimate of drug-likeness (QED) is 0.485. The molecule has 1 aliphatic heterocycles. The lowest BCUT2D eigenvalue weighted by molar-refractivity contribution is -0.383. The summed E-state index contributed by atoms with van der Waals surface area (Å²) in [5.41, 5.74) is 5.59. The van der Waals surface area contributed by atoms with Gasteiger partial charge in [0, 0.05) is 24.2 Å². The molecule has 0 aromatic heterocycles. The van der Waals surface area contributed by atoms with E-state index in [9.17, 15) is 14.9 Å². The van der Waals surface area contributed by atoms with Crippen molar-refractivity contribution < 1.29 is 9.72 Å². The van der Waals surface area contributed by atoms with Crippen LogP contribution in [-0.2, 0) is 0 Å². The molecule has 1 atom stereocenters. The van der Waals surface area contributed by atoms with Crippen LogP contribution in [0.3, 0.4) is 0 Å². The van der Waals surface area contributed by atoms with Gasteiger partial charge in [0.15, 0.2) is 0 Å². The van der Waals surface area contributed by atoms with Gasteiger partial charge in [0.2, 0.25) is 0 Å². The van der Waals surface area contributed by atoms with Crippen molar-refractivity contribution in [3.8, 4) is 0 Å². The SMILES string of the molecule is CC(CN1CCCC1)NC(=O)c1ccc(N)c([N+](=O)[O-])c1. The Balaban J connectivity index is 1.99. The largest absolute Gasteiger partial charge is 0.393 e. The molecule has 1 aromatic rings. The molecule has 0 saturated carbocycles. The van der Waals surface area contributed by atoms with E-state index in [1.54, 1.807) is 0 Å². The smallest absolute Gasteiger partial charge is 0.292 e. The second kappa shape index (κ2) is 6.53. The lowest BCUT2D eigenvalue weighted by atomic mass is 10.1. The Kier molecular flexibility index (Phi) is 4.74. The number of nitro groups is 1. The summed E-state index contributed by atoms with van der Waals surface area (Å²) in [5, 5.41) is 13.7. The van der Waals surface area contributed by atoms with Gasteiger partial charge in [0.1, 0.15) is 5.69 Å². The van der Waals surface area contributed by atoms with Crippen LogP contribution in [-0.4, -0.2) is 41.4 Å². The minimum atomic E-state index is -0.584. The lowest BCUT2D eigenvalue weighted by Crippen LogP contribution is -2.41. The molecular formula is C14H20N4O3. The number of likely N-dealkylation sites (tertiary alicyclic amines) is 1. The molecule has 1 heterocycles. The van der Waals surface area contributed by atoms with E-state index in [0.29, 0.717) is 0 Å². The minimum absolute atomic E-state index is 0.00721. The van der Waals surface area contributed by atoms with E-state index in [2.05, 4.69) is 10.2 Å². The van der Waals surface area contributed by atoms with Crippen LogP contribution >= 0.6 is 0 Å². The molecule has 1 aromatic carbocycles. The number of rotatable bonds is 5. The number of anilines is 1. The number of benzene rings is 1. The number of carbonyl (C=O) groups excluding carboxylic acids is 1. The van der Waals surface area contributed by atoms with Crippen molar-refractivity contribution in [2.45, 2.75) is 25.8 Å². The number of nitrogens with two attached hydrogens (primary N) is 1. The van der Waals surface area contributed by atoms with E-state index in [1.807, 2.05) is 6.92 Å². The molecule has 1 amide bonds. The van der Waals surface area contributed by atoms with E-state index < -0.39 is 4.92 Å². The first kappa shape index (κ1) is 15.2. The Morgan fingerprint density at radius 2 is 2.14 bits per heavy atom. The second-order valence-corrected chi connectivity index (χ2v) is 5.41. The average Bonchev–Trinajstić information content (AvgIpc) is 2.91. The van der Waals surface area contributed by atoms with E-state index in [4.69, 9.17) is 5.73 Å². The van der Waals surface area contributed by atoms with Gasteiger partial charge >= 0.3 is 0 Å². The molecule has 1 aliphatic rings. The number of nitrogens with zero attached hydrogens (tertiary/aromatic N) is 2. The van der Waals surface area contributed by atoms with Crippen molar-refractivity contribution in [1.82, 2.24) is 10.2 Å². The minimum Gasteiger partial charge on any atom is -0.393 e. The van der Waals surface area contributed by atoms with Crippen LogP contribution in [0.5, 0.6) is 0 Å². The highest BCUT2D eigenvalue weighted by Gasteiger charge is 2.19. The summed E-state index contributed by atoms with van der Waals surface area (Å²) in [6, 6.07) is 4.10. The van der Waals surface area contributed by atoms with Crippen molar-refractivity contribution in [1.29, 1.82) is 0 Å². The molecule has 0 aliphatic carbocycles. The molecule has 1 fully saturated rings. The fraction of sp³-hybridized carbons (Fsp3) is 0.500. The fourth-order valence-corrected chi connectivity index (χ4v) is 2.55. The van der Waals surface area contributed by atoms with Gasteiger partial charge in [-0.3, -0.25) is 14.9 Å². The van der Waals surface area contributed by atoms with Crippen LogP contribution in [0, 0.1) is 10.1 Å². The Hall–Kier alpha value is -2.15. The Morgan fingerprint density at radius 3 is 2.76 bits per heavy atom. The van der Waals surface area contributed by atoms with Gasteiger partial charge in [-0.2, -0.15) is 0 Å². The Labute approximate surface area is 123 Å².